The molecular formula is C14H15FN4O4S. The molecule has 0 fully saturated rings. The summed E-state index contributed by atoms with van der Waals surface area (Å²) in [6, 6.07) is 7.39. The highest BCUT2D eigenvalue weighted by molar-refractivity contribution is 7.83. The molecule has 1 unspecified atom stereocenters. The number of aldehydes is 1. The molecule has 1 aromatic heterocycles. The van der Waals surface area contributed by atoms with Crippen LogP contribution in [0, 0.1) is 5.82 Å². The fourth-order valence-electron chi connectivity index (χ4n) is 2.02. The highest BCUT2D eigenvalue weighted by atomic mass is 32.2. The molecule has 1 atom stereocenters. The normalized spacial score (nSPS) is 12.6. The second kappa shape index (κ2) is 7.90. The molecule has 128 valence electrons. The van der Waals surface area contributed by atoms with E-state index in [0.29, 0.717) is 12.0 Å². The number of hydrogen-bond donors (Lipinski definition) is 3. The summed E-state index contributed by atoms with van der Waals surface area (Å²) in [7, 11) is -4.26. The molecule has 0 amide bonds. The Labute approximate surface area is 138 Å². The topological polar surface area (TPSA) is 121 Å². The van der Waals surface area contributed by atoms with Crippen LogP contribution in [0.1, 0.15) is 17.2 Å². The lowest BCUT2D eigenvalue weighted by Gasteiger charge is -2.12. The van der Waals surface area contributed by atoms with Gasteiger partial charge in [-0.3, -0.25) is 4.55 Å². The van der Waals surface area contributed by atoms with Crippen LogP contribution in [0.5, 0.6) is 0 Å². The molecule has 8 nitrogen and oxygen atoms in total. The summed E-state index contributed by atoms with van der Waals surface area (Å²) >= 11 is 0. The average Bonchev–Trinajstić information content (AvgIpc) is 2.54. The van der Waals surface area contributed by atoms with Crippen LogP contribution in [0.2, 0.25) is 0 Å². The first-order chi connectivity index (χ1) is 11.4. The van der Waals surface area contributed by atoms with E-state index in [2.05, 4.69) is 15.3 Å². The quantitative estimate of drug-likeness (QED) is 0.363. The van der Waals surface area contributed by atoms with Crippen LogP contribution in [0.4, 0.5) is 10.3 Å². The van der Waals surface area contributed by atoms with E-state index in [4.69, 9.17) is 4.55 Å². The SMILES string of the molecule is O=CC(c1ccnc(NCCNS(=O)(=O)O)n1)c1ccccc1F. The molecule has 2 aromatic rings. The molecule has 0 saturated heterocycles. The van der Waals surface area contributed by atoms with Gasteiger partial charge in [-0.1, -0.05) is 18.2 Å². The largest absolute Gasteiger partial charge is 0.353 e. The lowest BCUT2D eigenvalue weighted by molar-refractivity contribution is -0.108. The van der Waals surface area contributed by atoms with Gasteiger partial charge in [-0.15, -0.1) is 0 Å². The number of carbonyl (C=O) groups is 1. The zero-order valence-electron chi connectivity index (χ0n) is 12.4. The minimum Gasteiger partial charge on any atom is -0.353 e. The van der Waals surface area contributed by atoms with Gasteiger partial charge in [0.05, 0.1) is 11.6 Å². The van der Waals surface area contributed by atoms with E-state index in [9.17, 15) is 17.6 Å². The summed E-state index contributed by atoms with van der Waals surface area (Å²) in [5.41, 5.74) is 0.500. The predicted molar refractivity (Wildman–Crippen MR) is 84.4 cm³/mol. The number of rotatable bonds is 8. The Morgan fingerprint density at radius 2 is 2.00 bits per heavy atom. The maximum absolute atomic E-state index is 13.9. The van der Waals surface area contributed by atoms with Gasteiger partial charge in [0.25, 0.3) is 0 Å². The predicted octanol–water partition coefficient (Wildman–Crippen LogP) is 0.751. The van der Waals surface area contributed by atoms with Crippen LogP contribution in [0.15, 0.2) is 36.5 Å². The fourth-order valence-corrected chi connectivity index (χ4v) is 2.38. The van der Waals surface area contributed by atoms with Gasteiger partial charge in [0.2, 0.25) is 5.95 Å². The summed E-state index contributed by atoms with van der Waals surface area (Å²) in [4.78, 5) is 19.5. The first kappa shape index (κ1) is 17.9. The smallest absolute Gasteiger partial charge is 0.333 e. The maximum atomic E-state index is 13.9. The van der Waals surface area contributed by atoms with E-state index in [1.54, 1.807) is 6.07 Å². The number of aromatic nitrogens is 2. The van der Waals surface area contributed by atoms with E-state index in [-0.39, 0.29) is 24.6 Å². The molecule has 10 heteroatoms. The maximum Gasteiger partial charge on any atom is 0.333 e. The molecule has 2 rings (SSSR count). The van der Waals surface area contributed by atoms with Crippen molar-refractivity contribution in [3.05, 3.63) is 53.6 Å². The van der Waals surface area contributed by atoms with E-state index in [0.717, 1.165) is 0 Å². The minimum atomic E-state index is -4.26. The van der Waals surface area contributed by atoms with Gasteiger partial charge in [0.15, 0.2) is 0 Å². The summed E-state index contributed by atoms with van der Waals surface area (Å²) in [5, 5.41) is 2.73. The molecule has 0 radical (unpaired) electrons. The van der Waals surface area contributed by atoms with Gasteiger partial charge in [-0.05, 0) is 12.1 Å². The van der Waals surface area contributed by atoms with Crippen molar-refractivity contribution in [3.8, 4) is 0 Å². The Bertz CT molecular complexity index is 816. The standard InChI is InChI=1S/C14H15FN4O4S/c15-12-4-2-1-3-10(12)11(9-20)13-5-6-16-14(19-13)17-7-8-18-24(21,22)23/h1-6,9,11,18H,7-8H2,(H,16,17,19)(H,21,22,23). The molecular weight excluding hydrogens is 339 g/mol. The molecule has 0 saturated carbocycles. The van der Waals surface area contributed by atoms with Crippen molar-refractivity contribution in [2.45, 2.75) is 5.92 Å². The fraction of sp³-hybridized carbons (Fsp3) is 0.214. The third-order valence-corrected chi connectivity index (χ3v) is 3.63. The molecule has 1 heterocycles. The van der Waals surface area contributed by atoms with Crippen molar-refractivity contribution < 1.29 is 22.2 Å². The zero-order chi connectivity index (χ0) is 17.6. The lowest BCUT2D eigenvalue weighted by atomic mass is 9.96. The molecule has 0 aliphatic carbocycles. The second-order valence-corrected chi connectivity index (χ2v) is 5.98. The van der Waals surface area contributed by atoms with Gasteiger partial charge >= 0.3 is 10.3 Å². The van der Waals surface area contributed by atoms with Crippen LogP contribution in [0.3, 0.4) is 0 Å². The second-order valence-electron chi connectivity index (χ2n) is 4.74. The van der Waals surface area contributed by atoms with Gasteiger partial charge < -0.3 is 10.1 Å². The van der Waals surface area contributed by atoms with E-state index in [1.807, 2.05) is 4.72 Å². The van der Waals surface area contributed by atoms with Crippen LogP contribution >= 0.6 is 0 Å². The number of nitrogens with one attached hydrogen (secondary N) is 2. The van der Waals surface area contributed by atoms with Gasteiger partial charge in [0, 0.05) is 24.8 Å². The summed E-state index contributed by atoms with van der Waals surface area (Å²) in [6.07, 6.45) is 1.99. The van der Waals surface area contributed by atoms with E-state index >= 15 is 0 Å². The number of benzene rings is 1. The summed E-state index contributed by atoms with van der Waals surface area (Å²) < 4.78 is 45.3. The van der Waals surface area contributed by atoms with Crippen molar-refractivity contribution in [2.24, 2.45) is 0 Å². The Balaban J connectivity index is 2.11. The van der Waals surface area contributed by atoms with Crippen molar-refractivity contribution in [1.82, 2.24) is 14.7 Å². The highest BCUT2D eigenvalue weighted by Crippen LogP contribution is 2.23. The zero-order valence-corrected chi connectivity index (χ0v) is 13.2. The van der Waals surface area contributed by atoms with Crippen LogP contribution < -0.4 is 10.0 Å². The number of anilines is 1. The number of halogens is 1. The van der Waals surface area contributed by atoms with Gasteiger partial charge in [0.1, 0.15) is 12.1 Å². The molecule has 0 aliphatic rings. The molecule has 0 bridgehead atoms. The van der Waals surface area contributed by atoms with Crippen molar-refractivity contribution in [1.29, 1.82) is 0 Å². The van der Waals surface area contributed by atoms with Crippen molar-refractivity contribution in [2.75, 3.05) is 18.4 Å². The number of nitrogens with zero attached hydrogens (tertiary/aromatic N) is 2. The lowest BCUT2D eigenvalue weighted by Crippen LogP contribution is -2.28. The third-order valence-electron chi connectivity index (χ3n) is 3.06. The Kier molecular flexibility index (Phi) is 5.90. The average molecular weight is 354 g/mol. The molecule has 3 N–H and O–H groups in total. The molecule has 24 heavy (non-hydrogen) atoms. The van der Waals surface area contributed by atoms with Crippen molar-refractivity contribution >= 4 is 22.5 Å². The van der Waals surface area contributed by atoms with E-state index < -0.39 is 22.0 Å². The van der Waals surface area contributed by atoms with Crippen molar-refractivity contribution in [3.63, 3.8) is 0 Å². The molecule has 0 spiro atoms. The number of carbonyl (C=O) groups excluding carboxylic acids is 1. The van der Waals surface area contributed by atoms with Crippen LogP contribution in [-0.2, 0) is 15.1 Å². The van der Waals surface area contributed by atoms with Crippen LogP contribution in [0.25, 0.3) is 0 Å². The molecule has 1 aromatic carbocycles. The minimum absolute atomic E-state index is 0.0865. The Hall–Kier alpha value is -2.43. The summed E-state index contributed by atoms with van der Waals surface area (Å²) in [5.74, 6) is -1.25. The first-order valence-corrected chi connectivity index (χ1v) is 8.33. The Morgan fingerprint density at radius 1 is 1.25 bits per heavy atom. The monoisotopic (exact) mass is 354 g/mol. The highest BCUT2D eigenvalue weighted by Gasteiger charge is 2.18. The number of hydrogen-bond acceptors (Lipinski definition) is 6. The van der Waals surface area contributed by atoms with Gasteiger partial charge in [-0.25, -0.2) is 14.4 Å². The third kappa shape index (κ3) is 5.05. The molecule has 0 aliphatic heterocycles. The van der Waals surface area contributed by atoms with Gasteiger partial charge in [-0.2, -0.15) is 13.1 Å². The first-order valence-electron chi connectivity index (χ1n) is 6.89. The van der Waals surface area contributed by atoms with E-state index in [1.165, 1.54) is 30.5 Å². The Morgan fingerprint density at radius 3 is 2.67 bits per heavy atom. The van der Waals surface area contributed by atoms with Crippen LogP contribution in [-0.4, -0.2) is 42.3 Å². The summed E-state index contributed by atoms with van der Waals surface area (Å²) in [6.45, 7) is 0.0194.